The predicted molar refractivity (Wildman–Crippen MR) is 45.9 cm³/mol. The number of rotatable bonds is 4. The van der Waals surface area contributed by atoms with Crippen LogP contribution in [0.4, 0.5) is 0 Å². The van der Waals surface area contributed by atoms with Gasteiger partial charge in [0.25, 0.3) is 0 Å². The van der Waals surface area contributed by atoms with E-state index in [1.807, 2.05) is 7.85 Å². The van der Waals surface area contributed by atoms with Gasteiger partial charge in [-0.25, -0.2) is 0 Å². The van der Waals surface area contributed by atoms with E-state index in [0.29, 0.717) is 6.61 Å². The summed E-state index contributed by atoms with van der Waals surface area (Å²) in [4.78, 5) is 0. The number of methoxy groups -OCH3 is 2. The number of aliphatic hydroxyl groups excluding tert-OH is 1. The molecule has 1 aliphatic rings. The lowest BCUT2D eigenvalue weighted by molar-refractivity contribution is -0.0247. The molecule has 1 fully saturated rings. The summed E-state index contributed by atoms with van der Waals surface area (Å²) in [5, 5.41) is 4.57. The molecule has 0 aromatic heterocycles. The average Bonchev–Trinajstić information content (AvgIpc) is 2.41. The van der Waals surface area contributed by atoms with Gasteiger partial charge in [-0.05, 0) is 0 Å². The van der Waals surface area contributed by atoms with Crippen LogP contribution in [0.25, 0.3) is 0 Å². The highest BCUT2D eigenvalue weighted by Gasteiger charge is 2.40. The van der Waals surface area contributed by atoms with Crippen LogP contribution in [0.3, 0.4) is 0 Å². The third-order valence-electron chi connectivity index (χ3n) is 2.15. The Hall–Kier alpha value is -0.0951. The van der Waals surface area contributed by atoms with Gasteiger partial charge in [0.2, 0.25) is 1.43 Å². The zero-order chi connectivity index (χ0) is 9.84. The van der Waals surface area contributed by atoms with E-state index in [-0.39, 0.29) is 24.3 Å². The van der Waals surface area contributed by atoms with Crippen LogP contribution >= 0.6 is 0 Å². The number of hydrogen-bond donors (Lipinski definition) is 1. The molecular weight excluding hydrogens is 159 g/mol. The molecule has 0 radical (unpaired) electrons. The van der Waals surface area contributed by atoms with E-state index in [2.05, 4.69) is 5.11 Å². The molecule has 0 bridgehead atoms. The summed E-state index contributed by atoms with van der Waals surface area (Å²) >= 11 is 0. The second kappa shape index (κ2) is 4.23. The molecule has 0 amide bonds. The third kappa shape index (κ3) is 1.80. The van der Waals surface area contributed by atoms with E-state index in [1.165, 1.54) is 0 Å². The molecule has 1 heterocycles. The van der Waals surface area contributed by atoms with Gasteiger partial charge in [-0.3, -0.25) is 0 Å². The van der Waals surface area contributed by atoms with Crippen LogP contribution in [0, 0.1) is 0 Å². The summed E-state index contributed by atoms with van der Waals surface area (Å²) in [7, 11) is 5.08. The highest BCUT2D eigenvalue weighted by atomic mass is 16.6. The molecule has 1 rings (SSSR count). The molecule has 0 aromatic rings. The molecule has 0 aliphatic carbocycles. The van der Waals surface area contributed by atoms with E-state index in [4.69, 9.17) is 15.6 Å². The van der Waals surface area contributed by atoms with Gasteiger partial charge in [0.05, 0.1) is 12.6 Å². The molecule has 1 saturated heterocycles. The van der Waals surface area contributed by atoms with E-state index in [9.17, 15) is 0 Å². The van der Waals surface area contributed by atoms with Crippen molar-refractivity contribution >= 4 is 7.85 Å². The molecule has 1 aliphatic heterocycles. The molecule has 0 spiro atoms. The quantitative estimate of drug-likeness (QED) is 0.521. The maximum atomic E-state index is 6.92. The first kappa shape index (κ1) is 8.50. The minimum absolute atomic E-state index is 0.0551. The van der Waals surface area contributed by atoms with Crippen molar-refractivity contribution in [2.75, 3.05) is 20.8 Å². The normalized spacial score (nSPS) is 43.0. The van der Waals surface area contributed by atoms with Crippen molar-refractivity contribution in [1.82, 2.24) is 0 Å². The average molecular weight is 175 g/mol. The Morgan fingerprint density at radius 3 is 2.92 bits per heavy atom. The topological polar surface area (TPSA) is 47.9 Å². The SMILES string of the molecule is [2H]O[C@@H]1C(OC)[C@H](B)O[C@@H]1COC. The Morgan fingerprint density at radius 2 is 2.42 bits per heavy atom. The molecule has 12 heavy (non-hydrogen) atoms. The first-order valence-electron chi connectivity index (χ1n) is 4.44. The lowest BCUT2D eigenvalue weighted by atomic mass is 9.93. The zero-order valence-electron chi connectivity index (χ0n) is 8.65. The predicted octanol–water partition coefficient (Wildman–Crippen LogP) is -1.63. The molecule has 4 nitrogen and oxygen atoms in total. The van der Waals surface area contributed by atoms with Gasteiger partial charge in [0.15, 0.2) is 0 Å². The first-order valence-corrected chi connectivity index (χ1v) is 4.03. The van der Waals surface area contributed by atoms with E-state index in [0.717, 1.165) is 0 Å². The lowest BCUT2D eigenvalue weighted by Crippen LogP contribution is -2.35. The van der Waals surface area contributed by atoms with E-state index in [1.54, 1.807) is 14.2 Å². The third-order valence-corrected chi connectivity index (χ3v) is 2.15. The minimum atomic E-state index is -0.361. The van der Waals surface area contributed by atoms with Gasteiger partial charge in [-0.1, -0.05) is 0 Å². The fourth-order valence-corrected chi connectivity index (χ4v) is 1.53. The highest BCUT2D eigenvalue weighted by Crippen LogP contribution is 2.21. The van der Waals surface area contributed by atoms with Crippen molar-refractivity contribution in [2.24, 2.45) is 0 Å². The Bertz CT molecular complexity index is 159. The lowest BCUT2D eigenvalue weighted by Gasteiger charge is -2.15. The maximum Gasteiger partial charge on any atom is 0.211 e. The second-order valence-electron chi connectivity index (χ2n) is 3.00. The summed E-state index contributed by atoms with van der Waals surface area (Å²) in [6.07, 6.45) is -0.750. The van der Waals surface area contributed by atoms with Crippen molar-refractivity contribution in [3.63, 3.8) is 0 Å². The van der Waals surface area contributed by atoms with Crippen LogP contribution in [0.2, 0.25) is 0 Å². The van der Waals surface area contributed by atoms with Crippen molar-refractivity contribution in [3.05, 3.63) is 0 Å². The smallest absolute Gasteiger partial charge is 0.211 e. The molecule has 1 N–H and O–H groups in total. The molecule has 0 saturated carbocycles. The van der Waals surface area contributed by atoms with Gasteiger partial charge < -0.3 is 19.3 Å². The van der Waals surface area contributed by atoms with Crippen LogP contribution in [0.5, 0.6) is 0 Å². The van der Waals surface area contributed by atoms with Crippen molar-refractivity contribution in [2.45, 2.75) is 24.3 Å². The summed E-state index contributed by atoms with van der Waals surface area (Å²) in [5.41, 5.74) is 0. The molecular formula is C7H15BO4. The molecule has 70 valence electrons. The number of hydrogen-bond acceptors (Lipinski definition) is 4. The van der Waals surface area contributed by atoms with Crippen LogP contribution in [0.1, 0.15) is 0 Å². The summed E-state index contributed by atoms with van der Waals surface area (Å²) in [5.74, 6) is 0. The largest absolute Gasteiger partial charge is 0.388 e. The molecule has 0 aromatic carbocycles. The zero-order valence-corrected chi connectivity index (χ0v) is 7.65. The van der Waals surface area contributed by atoms with Crippen LogP contribution < -0.4 is 0 Å². The molecule has 5 heteroatoms. The van der Waals surface area contributed by atoms with Crippen molar-refractivity contribution in [3.8, 4) is 0 Å². The summed E-state index contributed by atoms with van der Waals surface area (Å²) < 4.78 is 22.6. The number of ether oxygens (including phenoxy) is 3. The van der Waals surface area contributed by atoms with E-state index < -0.39 is 0 Å². The molecule has 4 atom stereocenters. The summed E-state index contributed by atoms with van der Waals surface area (Å²) in [6.45, 7) is 0.424. The second-order valence-corrected chi connectivity index (χ2v) is 3.00. The maximum absolute atomic E-state index is 6.92. The fraction of sp³-hybridized carbons (Fsp3) is 1.00. The van der Waals surface area contributed by atoms with Gasteiger partial charge in [0.1, 0.15) is 26.2 Å². The van der Waals surface area contributed by atoms with Crippen molar-refractivity contribution in [1.29, 1.82) is 1.43 Å². The van der Waals surface area contributed by atoms with Gasteiger partial charge in [0, 0.05) is 14.2 Å². The molecule has 1 unspecified atom stereocenters. The minimum Gasteiger partial charge on any atom is -0.388 e. The standard InChI is InChI=1S/C7H15BO4/c1-10-3-4-5(9)6(11-2)7(8)12-4/h4-7,9H,3,8H2,1-2H3/t4-,5+,6?,7-/m1/s1/i9D. The summed E-state index contributed by atoms with van der Waals surface area (Å²) in [6, 6.07) is -0.0551. The Kier molecular flexibility index (Phi) is 3.00. The van der Waals surface area contributed by atoms with Gasteiger partial charge in [-0.15, -0.1) is 0 Å². The van der Waals surface area contributed by atoms with Crippen LogP contribution in [-0.4, -0.2) is 59.5 Å². The highest BCUT2D eigenvalue weighted by molar-refractivity contribution is 6.11. The number of aliphatic hydroxyl groups is 1. The first-order chi connectivity index (χ1) is 6.24. The Morgan fingerprint density at radius 1 is 1.67 bits per heavy atom. The van der Waals surface area contributed by atoms with E-state index >= 15 is 0 Å². The fourth-order valence-electron chi connectivity index (χ4n) is 1.53. The van der Waals surface area contributed by atoms with Crippen LogP contribution in [0.15, 0.2) is 0 Å². The van der Waals surface area contributed by atoms with Crippen LogP contribution in [-0.2, 0) is 14.2 Å². The Balaban J connectivity index is 2.57. The monoisotopic (exact) mass is 175 g/mol. The van der Waals surface area contributed by atoms with Crippen molar-refractivity contribution < 1.29 is 19.3 Å². The van der Waals surface area contributed by atoms with Gasteiger partial charge in [-0.2, -0.15) is 0 Å². The van der Waals surface area contributed by atoms with Gasteiger partial charge >= 0.3 is 0 Å². The Labute approximate surface area is 74.7 Å².